The number of Topliss-reactive ketones (excluding diaryl/α,β-unsaturated/α-hetero) is 2. The van der Waals surface area contributed by atoms with Crippen molar-refractivity contribution in [1.29, 1.82) is 0 Å². The Morgan fingerprint density at radius 1 is 0.529 bits per heavy atom. The fourth-order valence-corrected chi connectivity index (χ4v) is 7.20. The van der Waals surface area contributed by atoms with Gasteiger partial charge in [-0.05, 0) is 113 Å². The van der Waals surface area contributed by atoms with Gasteiger partial charge in [-0.3, -0.25) is 28.8 Å². The first kappa shape index (κ1) is 52.3. The average molecular weight is 1000 g/mol. The van der Waals surface area contributed by atoms with Crippen LogP contribution in [0.1, 0.15) is 84.1 Å². The van der Waals surface area contributed by atoms with E-state index in [4.69, 9.17) is 55.9 Å². The van der Waals surface area contributed by atoms with Gasteiger partial charge in [0.15, 0.2) is 23.1 Å². The summed E-state index contributed by atoms with van der Waals surface area (Å²) in [7, 11) is 0. The largest absolute Gasteiger partial charge is 0.488 e. The highest BCUT2D eigenvalue weighted by Crippen LogP contribution is 2.42. The summed E-state index contributed by atoms with van der Waals surface area (Å²) in [5, 5.41) is 26.5. The fraction of sp³-hybridized carbons (Fsp3) is 0.250. The Hall–Kier alpha value is -6.72. The molecule has 5 aromatic rings. The van der Waals surface area contributed by atoms with Crippen LogP contribution in [0.3, 0.4) is 0 Å². The monoisotopic (exact) mass is 1000 g/mol. The molecule has 0 aliphatic rings. The molecule has 0 aromatic heterocycles. The van der Waals surface area contributed by atoms with Crippen LogP contribution in [-0.2, 0) is 19.2 Å². The van der Waals surface area contributed by atoms with Gasteiger partial charge in [-0.15, -0.1) is 23.2 Å². The Labute approximate surface area is 412 Å². The minimum Gasteiger partial charge on any atom is -0.488 e. The van der Waals surface area contributed by atoms with Crippen molar-refractivity contribution < 1.29 is 38.2 Å². The quantitative estimate of drug-likeness (QED) is 0.0333. The van der Waals surface area contributed by atoms with E-state index < -0.39 is 58.0 Å². The van der Waals surface area contributed by atoms with E-state index in [0.29, 0.717) is 22.5 Å². The Bertz CT molecular complexity index is 2600. The van der Waals surface area contributed by atoms with Gasteiger partial charge in [-0.2, -0.15) is 20.5 Å². The van der Waals surface area contributed by atoms with Crippen molar-refractivity contribution in [3.63, 3.8) is 0 Å². The van der Waals surface area contributed by atoms with Gasteiger partial charge < -0.3 is 30.7 Å². The molecule has 0 radical (unpaired) electrons. The lowest BCUT2D eigenvalue weighted by Crippen LogP contribution is -2.32. The lowest BCUT2D eigenvalue weighted by Gasteiger charge is -2.20. The van der Waals surface area contributed by atoms with Gasteiger partial charge in [0.25, 0.3) is 23.6 Å². The van der Waals surface area contributed by atoms with Crippen molar-refractivity contribution in [2.45, 2.75) is 64.4 Å². The second kappa shape index (κ2) is 24.3. The highest BCUT2D eigenvalue weighted by molar-refractivity contribution is 6.35. The molecule has 4 unspecified atom stereocenters. The third-order valence-corrected chi connectivity index (χ3v) is 10.8. The fourth-order valence-electron chi connectivity index (χ4n) is 6.42. The van der Waals surface area contributed by atoms with Gasteiger partial charge in [0.2, 0.25) is 12.1 Å². The van der Waals surface area contributed by atoms with Crippen molar-refractivity contribution in [3.05, 3.63) is 129 Å². The van der Waals surface area contributed by atoms with E-state index in [2.05, 4.69) is 41.7 Å². The molecule has 68 heavy (non-hydrogen) atoms. The zero-order valence-electron chi connectivity index (χ0n) is 37.5. The number of nitrogens with one attached hydrogen (secondary N) is 4. The van der Waals surface area contributed by atoms with Gasteiger partial charge in [-0.1, -0.05) is 59.6 Å². The maximum absolute atomic E-state index is 13.7. The van der Waals surface area contributed by atoms with Gasteiger partial charge >= 0.3 is 0 Å². The molecule has 20 heteroatoms. The predicted octanol–water partition coefficient (Wildman–Crippen LogP) is 12.3. The number of ether oxygens (including phenoxy) is 2. The van der Waals surface area contributed by atoms with Crippen LogP contribution in [0, 0.1) is 0 Å². The molecule has 5 aromatic carbocycles. The SMILES string of the molecule is CCOc1c(NC(=O)C(N=Nc2ccc(Cl)c(C(=O)Nc3ccccc3C(C)Cl)c2)C(C)=O)ccc(NC(=O)C(N=Nc2ccc(Cl)c(C(=O)Nc3ccccc3C(C)Cl)c2)C(C)=O)c1OCC. The Morgan fingerprint density at radius 3 is 1.24 bits per heavy atom. The number of halogens is 4. The zero-order valence-corrected chi connectivity index (χ0v) is 40.6. The molecule has 0 aliphatic heterocycles. The molecule has 4 N–H and O–H groups in total. The molecule has 0 heterocycles. The second-order valence-corrected chi connectivity index (χ2v) is 16.9. The van der Waals surface area contributed by atoms with Crippen LogP contribution < -0.4 is 30.7 Å². The number of hydrogen-bond donors (Lipinski definition) is 4. The summed E-state index contributed by atoms with van der Waals surface area (Å²) in [6.45, 7) is 9.35. The molecule has 16 nitrogen and oxygen atoms in total. The molecular formula is C48H46Cl4N8O8. The summed E-state index contributed by atoms with van der Waals surface area (Å²) in [6.07, 6.45) is 0. The number of carbonyl (C=O) groups excluding carboxylic acids is 6. The second-order valence-electron chi connectivity index (χ2n) is 14.8. The summed E-state index contributed by atoms with van der Waals surface area (Å²) < 4.78 is 11.8. The molecule has 4 atom stereocenters. The highest BCUT2D eigenvalue weighted by atomic mass is 35.5. The van der Waals surface area contributed by atoms with Gasteiger partial charge in [0, 0.05) is 11.4 Å². The van der Waals surface area contributed by atoms with E-state index in [1.54, 1.807) is 76.2 Å². The molecule has 4 amide bonds. The summed E-state index contributed by atoms with van der Waals surface area (Å²) in [4.78, 5) is 79.6. The van der Waals surface area contributed by atoms with Crippen LogP contribution in [0.4, 0.5) is 34.1 Å². The number of nitrogens with zero attached hydrogens (tertiary/aromatic N) is 4. The van der Waals surface area contributed by atoms with E-state index >= 15 is 0 Å². The molecule has 0 saturated heterocycles. The maximum Gasteiger partial charge on any atom is 0.258 e. The van der Waals surface area contributed by atoms with E-state index in [0.717, 1.165) is 13.8 Å². The number of amides is 4. The third-order valence-electron chi connectivity index (χ3n) is 9.71. The van der Waals surface area contributed by atoms with Crippen LogP contribution in [0.15, 0.2) is 118 Å². The van der Waals surface area contributed by atoms with Gasteiger partial charge in [0.1, 0.15) is 0 Å². The van der Waals surface area contributed by atoms with Crippen LogP contribution in [0.5, 0.6) is 11.5 Å². The number of alkyl halides is 2. The molecular weight excluding hydrogens is 958 g/mol. The molecule has 0 saturated carbocycles. The summed E-state index contributed by atoms with van der Waals surface area (Å²) in [6, 6.07) is 22.0. The average Bonchev–Trinajstić information content (AvgIpc) is 3.29. The summed E-state index contributed by atoms with van der Waals surface area (Å²) >= 11 is 25.3. The standard InChI is InChI=1S/C48H46Cl4N8O8/c1-7-67-43-39(55-47(65)41(27(5)61)59-57-29-17-19-35(51)33(23-29)45(63)53-37-15-11-9-13-31(37)25(3)49)21-22-40(44(43)68-8-2)56-48(66)42(28(6)62)60-58-30-18-20-36(52)34(24-30)46(64)54-38-16-12-10-14-32(38)26(4)50/h9-26,41-42H,7-8H2,1-6H3,(H,53,63)(H,54,64)(H,55,65)(H,56,66). The number of ketones is 2. The van der Waals surface area contributed by atoms with Crippen molar-refractivity contribution >= 4 is 116 Å². The number of rotatable bonds is 20. The first-order chi connectivity index (χ1) is 32.4. The number of anilines is 4. The van der Waals surface area contributed by atoms with Crippen molar-refractivity contribution in [3.8, 4) is 11.5 Å². The Morgan fingerprint density at radius 2 is 0.897 bits per heavy atom. The number of benzene rings is 5. The minimum absolute atomic E-state index is 0.0191. The van der Waals surface area contributed by atoms with Crippen LogP contribution in [0.2, 0.25) is 10.0 Å². The van der Waals surface area contributed by atoms with Crippen molar-refractivity contribution in [2.75, 3.05) is 34.5 Å². The van der Waals surface area contributed by atoms with Crippen LogP contribution in [0.25, 0.3) is 0 Å². The summed E-state index contributed by atoms with van der Waals surface area (Å²) in [5.74, 6) is -4.26. The lowest BCUT2D eigenvalue weighted by molar-refractivity contribution is -0.127. The van der Waals surface area contributed by atoms with E-state index in [1.165, 1.54) is 48.5 Å². The third kappa shape index (κ3) is 13.5. The molecule has 0 bridgehead atoms. The van der Waals surface area contributed by atoms with Crippen molar-refractivity contribution in [1.82, 2.24) is 0 Å². The first-order valence-corrected chi connectivity index (χ1v) is 22.6. The number of hydrogen-bond acceptors (Lipinski definition) is 12. The van der Waals surface area contributed by atoms with E-state index in [-0.39, 0.29) is 68.6 Å². The topological polar surface area (TPSA) is 218 Å². The van der Waals surface area contributed by atoms with Crippen LogP contribution in [-0.4, -0.2) is 60.5 Å². The molecule has 0 spiro atoms. The smallest absolute Gasteiger partial charge is 0.258 e. The highest BCUT2D eigenvalue weighted by Gasteiger charge is 2.29. The number of azo groups is 2. The maximum atomic E-state index is 13.7. The Balaban J connectivity index is 1.35. The lowest BCUT2D eigenvalue weighted by atomic mass is 10.1. The van der Waals surface area contributed by atoms with Gasteiger partial charge in [-0.25, -0.2) is 0 Å². The van der Waals surface area contributed by atoms with E-state index in [9.17, 15) is 28.8 Å². The summed E-state index contributed by atoms with van der Waals surface area (Å²) in [5.41, 5.74) is 2.80. The van der Waals surface area contributed by atoms with Gasteiger partial charge in [0.05, 0.1) is 67.9 Å². The zero-order chi connectivity index (χ0) is 49.7. The normalized spacial score (nSPS) is 13.0. The van der Waals surface area contributed by atoms with E-state index in [1.807, 2.05) is 0 Å². The molecule has 354 valence electrons. The predicted molar refractivity (Wildman–Crippen MR) is 264 cm³/mol. The molecule has 0 fully saturated rings. The Kier molecular flexibility index (Phi) is 18.7. The molecule has 0 aliphatic carbocycles. The minimum atomic E-state index is -1.66. The van der Waals surface area contributed by atoms with Crippen LogP contribution >= 0.6 is 46.4 Å². The number of carbonyl (C=O) groups is 6. The first-order valence-electron chi connectivity index (χ1n) is 21.0. The molecule has 5 rings (SSSR count). The van der Waals surface area contributed by atoms with Crippen molar-refractivity contribution in [2.24, 2.45) is 20.5 Å². The number of para-hydroxylation sites is 2.